The van der Waals surface area contributed by atoms with Crippen LogP contribution in [0.25, 0.3) is 0 Å². The van der Waals surface area contributed by atoms with Crippen LogP contribution in [-0.2, 0) is 15.3 Å². The number of esters is 1. The lowest BCUT2D eigenvalue weighted by Crippen LogP contribution is -2.31. The summed E-state index contributed by atoms with van der Waals surface area (Å²) in [5.41, 5.74) is 1.66. The molecule has 0 aromatic heterocycles. The van der Waals surface area contributed by atoms with Crippen LogP contribution in [0.3, 0.4) is 0 Å². The van der Waals surface area contributed by atoms with Crippen LogP contribution in [0.2, 0.25) is 0 Å². The van der Waals surface area contributed by atoms with Crippen molar-refractivity contribution in [2.24, 2.45) is 0 Å². The smallest absolute Gasteiger partial charge is 0.338 e. The van der Waals surface area contributed by atoms with Crippen molar-refractivity contribution in [1.82, 2.24) is 4.90 Å². The molecule has 0 radical (unpaired) electrons. The molecule has 0 fully saturated rings. The van der Waals surface area contributed by atoms with Gasteiger partial charge in [0.05, 0.1) is 17.9 Å². The number of ether oxygens (including phenoxy) is 1. The van der Waals surface area contributed by atoms with Crippen LogP contribution < -0.4 is 0 Å². The Balaban J connectivity index is 2.43. The van der Waals surface area contributed by atoms with E-state index in [2.05, 4.69) is 0 Å². The van der Waals surface area contributed by atoms with Gasteiger partial charge in [0.2, 0.25) is 5.91 Å². The highest BCUT2D eigenvalue weighted by Crippen LogP contribution is 2.14. The van der Waals surface area contributed by atoms with E-state index in [0.29, 0.717) is 17.9 Å². The molecular formula is C16H23NO3S. The van der Waals surface area contributed by atoms with E-state index in [0.717, 1.165) is 24.4 Å². The Kier molecular flexibility index (Phi) is 7.90. The lowest BCUT2D eigenvalue weighted by atomic mass is 10.1. The second-order valence-corrected chi connectivity index (χ2v) is 5.46. The molecule has 1 amide bonds. The molecule has 21 heavy (non-hydrogen) atoms. The minimum absolute atomic E-state index is 0.174. The van der Waals surface area contributed by atoms with Gasteiger partial charge in [0.25, 0.3) is 0 Å². The van der Waals surface area contributed by atoms with Gasteiger partial charge in [0.15, 0.2) is 0 Å². The highest BCUT2D eigenvalue weighted by atomic mass is 32.2. The fraction of sp³-hybridized carbons (Fsp3) is 0.500. The van der Waals surface area contributed by atoms with Gasteiger partial charge in [-0.05, 0) is 38.5 Å². The van der Waals surface area contributed by atoms with Gasteiger partial charge in [-0.2, -0.15) is 0 Å². The van der Waals surface area contributed by atoms with Gasteiger partial charge in [-0.25, -0.2) is 4.79 Å². The van der Waals surface area contributed by atoms with Crippen molar-refractivity contribution in [3.05, 3.63) is 35.4 Å². The van der Waals surface area contributed by atoms with E-state index in [-0.39, 0.29) is 11.9 Å². The number of hydrogen-bond acceptors (Lipinski definition) is 4. The summed E-state index contributed by atoms with van der Waals surface area (Å²) in [5, 5.41) is 0. The molecule has 0 N–H and O–H groups in total. The molecule has 0 spiro atoms. The summed E-state index contributed by atoms with van der Waals surface area (Å²) in [5.74, 6) is 1.12. The largest absolute Gasteiger partial charge is 0.462 e. The number of carbonyl (C=O) groups excluding carboxylic acids is 2. The van der Waals surface area contributed by atoms with Gasteiger partial charge in [-0.3, -0.25) is 4.79 Å². The third-order valence-corrected chi connectivity index (χ3v) is 4.06. The summed E-state index contributed by atoms with van der Waals surface area (Å²) >= 11 is 1.59. The number of amides is 1. The lowest BCUT2D eigenvalue weighted by Gasteiger charge is -2.18. The van der Waals surface area contributed by atoms with Gasteiger partial charge in [-0.1, -0.05) is 12.1 Å². The third-order valence-electron chi connectivity index (χ3n) is 3.08. The summed E-state index contributed by atoms with van der Waals surface area (Å²) in [6.45, 7) is 7.65. The Bertz CT molecular complexity index is 455. The monoisotopic (exact) mass is 309 g/mol. The Labute approximate surface area is 130 Å². The quantitative estimate of drug-likeness (QED) is 0.693. The molecule has 0 atom stereocenters. The van der Waals surface area contributed by atoms with E-state index < -0.39 is 0 Å². The standard InChI is InChI=1S/C16H23NO3S/c1-4-17(5-2)15(18)12-21-11-13-7-9-14(10-8-13)16(19)20-6-3/h7-10H,4-6,11-12H2,1-3H3. The van der Waals surface area contributed by atoms with Crippen molar-refractivity contribution in [3.63, 3.8) is 0 Å². The van der Waals surface area contributed by atoms with Gasteiger partial charge in [0.1, 0.15) is 0 Å². The minimum atomic E-state index is -0.298. The number of benzene rings is 1. The van der Waals surface area contributed by atoms with Crippen molar-refractivity contribution in [3.8, 4) is 0 Å². The van der Waals surface area contributed by atoms with Crippen LogP contribution in [0.5, 0.6) is 0 Å². The normalized spacial score (nSPS) is 10.2. The van der Waals surface area contributed by atoms with Crippen LogP contribution in [0.4, 0.5) is 0 Å². The van der Waals surface area contributed by atoms with Gasteiger partial charge in [0, 0.05) is 18.8 Å². The number of thioether (sulfide) groups is 1. The fourth-order valence-electron chi connectivity index (χ4n) is 1.88. The third kappa shape index (κ3) is 5.79. The van der Waals surface area contributed by atoms with Gasteiger partial charge < -0.3 is 9.64 Å². The molecule has 1 aromatic carbocycles. The Morgan fingerprint density at radius 3 is 2.24 bits per heavy atom. The number of rotatable bonds is 8. The maximum Gasteiger partial charge on any atom is 0.338 e. The van der Waals surface area contributed by atoms with Crippen molar-refractivity contribution >= 4 is 23.6 Å². The first kappa shape index (κ1) is 17.6. The number of hydrogen-bond donors (Lipinski definition) is 0. The minimum Gasteiger partial charge on any atom is -0.462 e. The summed E-state index contributed by atoms with van der Waals surface area (Å²) < 4.78 is 4.94. The molecule has 0 unspecified atom stereocenters. The van der Waals surface area contributed by atoms with Gasteiger partial charge >= 0.3 is 5.97 Å². The molecule has 0 bridgehead atoms. The van der Waals surface area contributed by atoms with Gasteiger partial charge in [-0.15, -0.1) is 11.8 Å². The van der Waals surface area contributed by atoms with Crippen molar-refractivity contribution < 1.29 is 14.3 Å². The van der Waals surface area contributed by atoms with Crippen molar-refractivity contribution in [2.75, 3.05) is 25.4 Å². The molecule has 0 aliphatic heterocycles. The molecule has 0 saturated heterocycles. The molecule has 0 heterocycles. The average Bonchev–Trinajstić information content (AvgIpc) is 2.49. The lowest BCUT2D eigenvalue weighted by molar-refractivity contribution is -0.127. The fourth-order valence-corrected chi connectivity index (χ4v) is 2.76. The summed E-state index contributed by atoms with van der Waals surface area (Å²) in [6, 6.07) is 7.34. The van der Waals surface area contributed by atoms with Crippen molar-refractivity contribution in [2.45, 2.75) is 26.5 Å². The van der Waals surface area contributed by atoms with Crippen LogP contribution in [0.1, 0.15) is 36.7 Å². The molecule has 0 saturated carbocycles. The predicted molar refractivity (Wildman–Crippen MR) is 86.5 cm³/mol. The molecule has 5 heteroatoms. The average molecular weight is 309 g/mol. The van der Waals surface area contributed by atoms with E-state index in [1.807, 2.05) is 30.9 Å². The van der Waals surface area contributed by atoms with Crippen LogP contribution in [-0.4, -0.2) is 42.2 Å². The molecular weight excluding hydrogens is 286 g/mol. The maximum atomic E-state index is 11.9. The Morgan fingerprint density at radius 1 is 1.10 bits per heavy atom. The summed E-state index contributed by atoms with van der Waals surface area (Å²) in [7, 11) is 0. The highest BCUT2D eigenvalue weighted by Gasteiger charge is 2.09. The first-order chi connectivity index (χ1) is 10.1. The molecule has 1 aromatic rings. The van der Waals surface area contributed by atoms with Crippen LogP contribution >= 0.6 is 11.8 Å². The Morgan fingerprint density at radius 2 is 1.71 bits per heavy atom. The zero-order valence-corrected chi connectivity index (χ0v) is 13.7. The molecule has 0 aliphatic carbocycles. The maximum absolute atomic E-state index is 11.9. The summed E-state index contributed by atoms with van der Waals surface area (Å²) in [6.07, 6.45) is 0. The zero-order chi connectivity index (χ0) is 15.7. The first-order valence-electron chi connectivity index (χ1n) is 7.23. The molecule has 1 rings (SSSR count). The summed E-state index contributed by atoms with van der Waals surface area (Å²) in [4.78, 5) is 25.2. The molecule has 4 nitrogen and oxygen atoms in total. The van der Waals surface area contributed by atoms with Crippen molar-refractivity contribution in [1.29, 1.82) is 0 Å². The van der Waals surface area contributed by atoms with Crippen LogP contribution in [0.15, 0.2) is 24.3 Å². The Hall–Kier alpha value is -1.49. The number of nitrogens with zero attached hydrogens (tertiary/aromatic N) is 1. The van der Waals surface area contributed by atoms with E-state index in [9.17, 15) is 9.59 Å². The predicted octanol–water partition coefficient (Wildman–Crippen LogP) is 2.96. The molecule has 116 valence electrons. The van der Waals surface area contributed by atoms with E-state index in [1.54, 1.807) is 30.8 Å². The van der Waals surface area contributed by atoms with Crippen LogP contribution in [0, 0.1) is 0 Å². The van der Waals surface area contributed by atoms with E-state index >= 15 is 0 Å². The zero-order valence-electron chi connectivity index (χ0n) is 12.9. The highest BCUT2D eigenvalue weighted by molar-refractivity contribution is 7.99. The SMILES string of the molecule is CCOC(=O)c1ccc(CSCC(=O)N(CC)CC)cc1. The second kappa shape index (κ2) is 9.45. The number of carbonyl (C=O) groups is 2. The van der Waals surface area contributed by atoms with E-state index in [4.69, 9.17) is 4.74 Å². The van der Waals surface area contributed by atoms with E-state index in [1.165, 1.54) is 0 Å². The topological polar surface area (TPSA) is 46.6 Å². The first-order valence-corrected chi connectivity index (χ1v) is 8.39. The second-order valence-electron chi connectivity index (χ2n) is 4.48. The molecule has 0 aliphatic rings.